The van der Waals surface area contributed by atoms with E-state index in [-0.39, 0.29) is 0 Å². The predicted octanol–water partition coefficient (Wildman–Crippen LogP) is 8.42. The summed E-state index contributed by atoms with van der Waals surface area (Å²) < 4.78 is 0. The van der Waals surface area contributed by atoms with Crippen molar-refractivity contribution in [1.82, 2.24) is 0 Å². The zero-order chi connectivity index (χ0) is 18.7. The lowest BCUT2D eigenvalue weighted by Gasteiger charge is -2.28. The number of rotatable bonds is 10. The molecule has 0 amide bonds. The zero-order valence-electron chi connectivity index (χ0n) is 17.8. The van der Waals surface area contributed by atoms with Crippen LogP contribution in [0.3, 0.4) is 0 Å². The van der Waals surface area contributed by atoms with Crippen LogP contribution in [-0.4, -0.2) is 6.71 Å². The first-order chi connectivity index (χ1) is 11.9. The highest BCUT2D eigenvalue weighted by Gasteiger charge is 2.25. The molecule has 0 N–H and O–H groups in total. The molecule has 1 rings (SSSR count). The summed E-state index contributed by atoms with van der Waals surface area (Å²) >= 11 is 0. The standard InChI is InChI=1S/C24H41B/c1-20(2)10-7-13-23-14-16-24(17-15-23)25(18-8-11-21(3)4)19-9-12-22(5)6/h10-12,14,24H,7-9,13,15-19H2,1-6H3. The molecule has 0 spiro atoms. The molecule has 0 radical (unpaired) electrons. The Bertz CT molecular complexity index is 470. The van der Waals surface area contributed by atoms with E-state index in [9.17, 15) is 0 Å². The van der Waals surface area contributed by atoms with Gasteiger partial charge >= 0.3 is 0 Å². The van der Waals surface area contributed by atoms with Crippen LogP contribution < -0.4 is 0 Å². The molecule has 0 aromatic rings. The summed E-state index contributed by atoms with van der Waals surface area (Å²) in [6, 6.07) is 0. The number of hydrogen-bond acceptors (Lipinski definition) is 0. The molecule has 25 heavy (non-hydrogen) atoms. The van der Waals surface area contributed by atoms with Crippen LogP contribution in [0.25, 0.3) is 0 Å². The van der Waals surface area contributed by atoms with E-state index in [1.807, 2.05) is 0 Å². The Morgan fingerprint density at radius 2 is 1.40 bits per heavy atom. The number of hydrogen-bond donors (Lipinski definition) is 0. The molecule has 0 nitrogen and oxygen atoms in total. The summed E-state index contributed by atoms with van der Waals surface area (Å²) in [6.45, 7) is 14.2. The highest BCUT2D eigenvalue weighted by molar-refractivity contribution is 6.60. The van der Waals surface area contributed by atoms with Crippen LogP contribution in [0.4, 0.5) is 0 Å². The summed E-state index contributed by atoms with van der Waals surface area (Å²) in [5.41, 5.74) is 6.09. The normalized spacial score (nSPS) is 16.7. The minimum absolute atomic E-state index is 0.891. The van der Waals surface area contributed by atoms with Crippen LogP contribution in [0.5, 0.6) is 0 Å². The van der Waals surface area contributed by atoms with Crippen molar-refractivity contribution in [3.05, 3.63) is 46.6 Å². The molecule has 0 bridgehead atoms. The summed E-state index contributed by atoms with van der Waals surface area (Å²) in [5, 5.41) is 0. The van der Waals surface area contributed by atoms with E-state index < -0.39 is 0 Å². The van der Waals surface area contributed by atoms with Crippen LogP contribution in [0, 0.1) is 0 Å². The molecule has 140 valence electrons. The second kappa shape index (κ2) is 12.4. The molecular formula is C24H41B. The molecule has 0 saturated carbocycles. The first-order valence-electron chi connectivity index (χ1n) is 10.5. The molecule has 0 aromatic carbocycles. The molecular weight excluding hydrogens is 299 g/mol. The highest BCUT2D eigenvalue weighted by atomic mass is 14.2. The molecule has 0 saturated heterocycles. The van der Waals surface area contributed by atoms with Gasteiger partial charge in [-0.2, -0.15) is 0 Å². The molecule has 1 unspecified atom stereocenters. The van der Waals surface area contributed by atoms with Gasteiger partial charge in [0, 0.05) is 0 Å². The molecule has 1 aliphatic carbocycles. The van der Waals surface area contributed by atoms with Crippen LogP contribution in [-0.2, 0) is 0 Å². The van der Waals surface area contributed by atoms with Gasteiger partial charge in [-0.05, 0) is 80.1 Å². The van der Waals surface area contributed by atoms with Gasteiger partial charge < -0.3 is 0 Å². The van der Waals surface area contributed by atoms with E-state index in [0.717, 1.165) is 12.5 Å². The zero-order valence-corrected chi connectivity index (χ0v) is 17.8. The molecule has 0 aromatic heterocycles. The van der Waals surface area contributed by atoms with E-state index in [0.29, 0.717) is 0 Å². The van der Waals surface area contributed by atoms with E-state index in [1.54, 1.807) is 5.57 Å². The van der Waals surface area contributed by atoms with E-state index >= 15 is 0 Å². The fourth-order valence-corrected chi connectivity index (χ4v) is 3.90. The fourth-order valence-electron chi connectivity index (χ4n) is 3.90. The van der Waals surface area contributed by atoms with Crippen molar-refractivity contribution < 1.29 is 0 Å². The van der Waals surface area contributed by atoms with Crippen molar-refractivity contribution >= 4 is 6.71 Å². The van der Waals surface area contributed by atoms with Crippen molar-refractivity contribution in [2.24, 2.45) is 0 Å². The minimum Gasteiger partial charge on any atom is -0.0866 e. The van der Waals surface area contributed by atoms with Gasteiger partial charge in [-0.15, -0.1) is 0 Å². The van der Waals surface area contributed by atoms with Gasteiger partial charge in [-0.3, -0.25) is 0 Å². The topological polar surface area (TPSA) is 0 Å². The summed E-state index contributed by atoms with van der Waals surface area (Å²) in [6.07, 6.45) is 21.6. The van der Waals surface area contributed by atoms with Crippen molar-refractivity contribution in [2.45, 2.75) is 105 Å². The second-order valence-electron chi connectivity index (χ2n) is 8.69. The van der Waals surface area contributed by atoms with Gasteiger partial charge in [0.25, 0.3) is 0 Å². The Hall–Kier alpha value is -0.975. The third kappa shape index (κ3) is 10.6. The summed E-state index contributed by atoms with van der Waals surface area (Å²) in [5.74, 6) is 0.906. The monoisotopic (exact) mass is 340 g/mol. The Morgan fingerprint density at radius 1 is 0.880 bits per heavy atom. The average Bonchev–Trinajstić information content (AvgIpc) is 2.53. The van der Waals surface area contributed by atoms with Crippen LogP contribution >= 0.6 is 0 Å². The van der Waals surface area contributed by atoms with E-state index in [4.69, 9.17) is 0 Å². The van der Waals surface area contributed by atoms with Gasteiger partial charge in [-0.1, -0.05) is 71.5 Å². The smallest absolute Gasteiger partial charge is 0.0866 e. The predicted molar refractivity (Wildman–Crippen MR) is 118 cm³/mol. The van der Waals surface area contributed by atoms with Crippen LogP contribution in [0.15, 0.2) is 46.6 Å². The molecule has 1 aliphatic rings. The van der Waals surface area contributed by atoms with E-state index in [2.05, 4.69) is 65.8 Å². The quantitative estimate of drug-likeness (QED) is 0.276. The Morgan fingerprint density at radius 3 is 1.84 bits per heavy atom. The van der Waals surface area contributed by atoms with Gasteiger partial charge in [0.05, 0.1) is 0 Å². The molecule has 1 heteroatoms. The largest absolute Gasteiger partial charge is 0.144 e. The summed E-state index contributed by atoms with van der Waals surface area (Å²) in [4.78, 5) is 0. The van der Waals surface area contributed by atoms with E-state index in [1.165, 1.54) is 74.3 Å². The molecule has 0 heterocycles. The van der Waals surface area contributed by atoms with Gasteiger partial charge in [-0.25, -0.2) is 0 Å². The fraction of sp³-hybridized carbons (Fsp3) is 0.667. The molecule has 1 atom stereocenters. The van der Waals surface area contributed by atoms with Crippen molar-refractivity contribution in [2.75, 3.05) is 0 Å². The Balaban J connectivity index is 2.56. The first-order valence-corrected chi connectivity index (χ1v) is 10.5. The highest BCUT2D eigenvalue weighted by Crippen LogP contribution is 2.36. The average molecular weight is 340 g/mol. The number of allylic oxidation sites excluding steroid dienone is 8. The van der Waals surface area contributed by atoms with Gasteiger partial charge in [0.1, 0.15) is 6.71 Å². The van der Waals surface area contributed by atoms with Crippen molar-refractivity contribution in [3.8, 4) is 0 Å². The Labute approximate surface area is 158 Å². The summed E-state index contributed by atoms with van der Waals surface area (Å²) in [7, 11) is 0. The van der Waals surface area contributed by atoms with Crippen LogP contribution in [0.2, 0.25) is 18.5 Å². The lowest BCUT2D eigenvalue weighted by atomic mass is 9.34. The third-order valence-electron chi connectivity index (χ3n) is 5.41. The lowest BCUT2D eigenvalue weighted by molar-refractivity contribution is 0.656. The van der Waals surface area contributed by atoms with Crippen molar-refractivity contribution in [3.63, 3.8) is 0 Å². The maximum atomic E-state index is 2.59. The third-order valence-corrected chi connectivity index (χ3v) is 5.41. The minimum atomic E-state index is 0.891. The maximum Gasteiger partial charge on any atom is 0.144 e. The molecule has 0 fully saturated rings. The SMILES string of the molecule is CC(C)=CCCB(CCC=C(C)C)C1CC=C(CCC=C(C)C)CC1. The lowest BCUT2D eigenvalue weighted by Crippen LogP contribution is -2.22. The second-order valence-corrected chi connectivity index (χ2v) is 8.69. The van der Waals surface area contributed by atoms with Crippen LogP contribution in [0.1, 0.15) is 86.5 Å². The first kappa shape index (κ1) is 22.1. The van der Waals surface area contributed by atoms with Crippen molar-refractivity contribution in [1.29, 1.82) is 0 Å². The van der Waals surface area contributed by atoms with Gasteiger partial charge in [0.15, 0.2) is 0 Å². The van der Waals surface area contributed by atoms with Gasteiger partial charge in [0.2, 0.25) is 0 Å². The Kier molecular flexibility index (Phi) is 10.9. The maximum absolute atomic E-state index is 2.59. The molecule has 0 aliphatic heterocycles.